The molecule has 1 amide bonds. The van der Waals surface area contributed by atoms with Crippen LogP contribution >= 0.6 is 11.6 Å². The fourth-order valence-corrected chi connectivity index (χ4v) is 4.70. The van der Waals surface area contributed by atoms with Crippen LogP contribution in [0.2, 0.25) is 5.02 Å². The summed E-state index contributed by atoms with van der Waals surface area (Å²) < 4.78 is 31.8. The summed E-state index contributed by atoms with van der Waals surface area (Å²) in [6.07, 6.45) is 2.84. The lowest BCUT2D eigenvalue weighted by molar-refractivity contribution is 0.100. The lowest BCUT2D eigenvalue weighted by Crippen LogP contribution is -2.39. The average molecular weight is 558 g/mol. The monoisotopic (exact) mass is 557 g/mol. The zero-order chi connectivity index (χ0) is 28.7. The highest BCUT2D eigenvalue weighted by Crippen LogP contribution is 2.32. The lowest BCUT2D eigenvalue weighted by atomic mass is 10.0. The van der Waals surface area contributed by atoms with Gasteiger partial charge in [-0.05, 0) is 72.1 Å². The lowest BCUT2D eigenvalue weighted by Gasteiger charge is -2.17. The molecule has 198 valence electrons. The number of rotatable bonds is 5. The third kappa shape index (κ3) is 4.63. The summed E-state index contributed by atoms with van der Waals surface area (Å²) in [4.78, 5) is 43.3. The maximum absolute atomic E-state index is 15.8. The first-order valence-corrected chi connectivity index (χ1v) is 12.2. The number of benzene rings is 3. The smallest absolute Gasteiger partial charge is 0.336 e. The van der Waals surface area contributed by atoms with Gasteiger partial charge in [0.05, 0.1) is 29.5 Å². The van der Waals surface area contributed by atoms with E-state index in [2.05, 4.69) is 4.98 Å². The van der Waals surface area contributed by atoms with E-state index in [-0.39, 0.29) is 45.0 Å². The first-order valence-electron chi connectivity index (χ1n) is 11.8. The molecule has 0 saturated carbocycles. The summed E-state index contributed by atoms with van der Waals surface area (Å²) in [6.45, 7) is 1.49. The molecule has 40 heavy (non-hydrogen) atoms. The van der Waals surface area contributed by atoms with Crippen LogP contribution in [0.4, 0.5) is 8.78 Å². The molecular formula is C29H18ClF2N5O3. The van der Waals surface area contributed by atoms with Gasteiger partial charge in [-0.3, -0.25) is 19.1 Å². The Hall–Kier alpha value is -5.14. The quantitative estimate of drug-likeness (QED) is 0.341. The van der Waals surface area contributed by atoms with Gasteiger partial charge in [0, 0.05) is 22.3 Å². The van der Waals surface area contributed by atoms with Crippen LogP contribution in [0.5, 0.6) is 0 Å². The molecule has 2 heterocycles. The van der Waals surface area contributed by atoms with Gasteiger partial charge in [-0.1, -0.05) is 17.7 Å². The van der Waals surface area contributed by atoms with Crippen LogP contribution in [-0.2, 0) is 6.54 Å². The van der Waals surface area contributed by atoms with Crippen molar-refractivity contribution in [3.63, 3.8) is 0 Å². The molecule has 0 aliphatic heterocycles. The number of aromatic nitrogens is 3. The molecule has 8 nitrogen and oxygen atoms in total. The number of nitriles is 1. The van der Waals surface area contributed by atoms with Crippen molar-refractivity contribution in [2.75, 3.05) is 0 Å². The second-order valence-electron chi connectivity index (χ2n) is 9.07. The minimum absolute atomic E-state index is 0.0785. The van der Waals surface area contributed by atoms with Crippen molar-refractivity contribution < 1.29 is 13.6 Å². The Morgan fingerprint density at radius 2 is 1.82 bits per heavy atom. The Morgan fingerprint density at radius 3 is 2.52 bits per heavy atom. The molecule has 0 unspecified atom stereocenters. The number of hydrogen-bond donors (Lipinski definition) is 1. The third-order valence-electron chi connectivity index (χ3n) is 6.37. The van der Waals surface area contributed by atoms with Gasteiger partial charge >= 0.3 is 5.69 Å². The second kappa shape index (κ2) is 10.2. The van der Waals surface area contributed by atoms with Crippen LogP contribution in [0, 0.1) is 29.9 Å². The molecule has 5 rings (SSSR count). The van der Waals surface area contributed by atoms with Crippen LogP contribution in [0.25, 0.3) is 27.7 Å². The van der Waals surface area contributed by atoms with Crippen LogP contribution in [0.3, 0.4) is 0 Å². The SMILES string of the molecule is Cc1cncc(-n2c(=O)c3c(F)cc(-c4cc(C(N)=O)ccc4Cl)cc3n(Cc3ccc(F)c(C#N)c3)c2=O)c1. The van der Waals surface area contributed by atoms with Gasteiger partial charge < -0.3 is 5.73 Å². The number of fused-ring (bicyclic) bond motifs is 1. The van der Waals surface area contributed by atoms with Gasteiger partial charge in [0.15, 0.2) is 0 Å². The maximum Gasteiger partial charge on any atom is 0.336 e. The molecule has 11 heteroatoms. The van der Waals surface area contributed by atoms with Gasteiger partial charge in [0.1, 0.15) is 23.1 Å². The van der Waals surface area contributed by atoms with Gasteiger partial charge in [-0.2, -0.15) is 5.26 Å². The van der Waals surface area contributed by atoms with Crippen molar-refractivity contribution in [3.05, 3.63) is 127 Å². The third-order valence-corrected chi connectivity index (χ3v) is 6.70. The van der Waals surface area contributed by atoms with E-state index in [0.717, 1.165) is 21.3 Å². The number of nitrogens with zero attached hydrogens (tertiary/aromatic N) is 4. The van der Waals surface area contributed by atoms with Crippen molar-refractivity contribution in [1.29, 1.82) is 5.26 Å². The topological polar surface area (TPSA) is 124 Å². The zero-order valence-corrected chi connectivity index (χ0v) is 21.5. The molecular weight excluding hydrogens is 540 g/mol. The normalized spacial score (nSPS) is 11.0. The Kier molecular flexibility index (Phi) is 6.75. The molecule has 0 aliphatic rings. The summed E-state index contributed by atoms with van der Waals surface area (Å²) >= 11 is 6.36. The van der Waals surface area contributed by atoms with Crippen LogP contribution in [-0.4, -0.2) is 20.0 Å². The molecule has 0 radical (unpaired) electrons. The Morgan fingerprint density at radius 1 is 1.05 bits per heavy atom. The molecule has 0 aliphatic carbocycles. The van der Waals surface area contributed by atoms with E-state index in [1.54, 1.807) is 19.1 Å². The van der Waals surface area contributed by atoms with E-state index >= 15 is 4.39 Å². The van der Waals surface area contributed by atoms with E-state index in [4.69, 9.17) is 17.3 Å². The second-order valence-corrected chi connectivity index (χ2v) is 9.47. The highest BCUT2D eigenvalue weighted by Gasteiger charge is 2.21. The molecule has 2 N–H and O–H groups in total. The van der Waals surface area contributed by atoms with Crippen molar-refractivity contribution in [1.82, 2.24) is 14.1 Å². The Bertz CT molecular complexity index is 2030. The van der Waals surface area contributed by atoms with Crippen molar-refractivity contribution in [2.24, 2.45) is 5.73 Å². The Balaban J connectivity index is 1.86. The number of carbonyl (C=O) groups excluding carboxylic acids is 1. The summed E-state index contributed by atoms with van der Waals surface area (Å²) in [5, 5.41) is 9.05. The fourth-order valence-electron chi connectivity index (χ4n) is 4.48. The summed E-state index contributed by atoms with van der Waals surface area (Å²) in [7, 11) is 0. The molecule has 3 aromatic carbocycles. The standard InChI is InChI=1S/C29H18ClF2N5O3/c1-15-6-20(13-35-12-15)37-28(39)26-24(32)9-18(21-8-17(27(34)38)3-4-22(21)30)10-25(26)36(29(37)40)14-16-2-5-23(31)19(7-16)11-33/h2-10,12-13H,14H2,1H3,(H2,34,38). The minimum Gasteiger partial charge on any atom is -0.366 e. The van der Waals surface area contributed by atoms with E-state index in [1.165, 1.54) is 48.8 Å². The molecule has 0 saturated heterocycles. The average Bonchev–Trinajstić information content (AvgIpc) is 2.91. The predicted molar refractivity (Wildman–Crippen MR) is 145 cm³/mol. The molecule has 0 bridgehead atoms. The summed E-state index contributed by atoms with van der Waals surface area (Å²) in [5.41, 5.74) is 5.03. The van der Waals surface area contributed by atoms with Gasteiger partial charge in [-0.15, -0.1) is 0 Å². The highest BCUT2D eigenvalue weighted by molar-refractivity contribution is 6.33. The minimum atomic E-state index is -0.946. The molecule has 5 aromatic rings. The van der Waals surface area contributed by atoms with Crippen molar-refractivity contribution >= 4 is 28.4 Å². The molecule has 0 spiro atoms. The first kappa shape index (κ1) is 26.5. The van der Waals surface area contributed by atoms with Crippen LogP contribution < -0.4 is 17.0 Å². The van der Waals surface area contributed by atoms with Gasteiger partial charge in [-0.25, -0.2) is 18.1 Å². The van der Waals surface area contributed by atoms with E-state index in [1.807, 2.05) is 0 Å². The largest absolute Gasteiger partial charge is 0.366 e. The van der Waals surface area contributed by atoms with Crippen LogP contribution in [0.1, 0.15) is 27.0 Å². The number of halogens is 3. The number of carbonyl (C=O) groups is 1. The summed E-state index contributed by atoms with van der Waals surface area (Å²) in [5.74, 6) is -2.41. The number of hydrogen-bond acceptors (Lipinski definition) is 5. The first-order chi connectivity index (χ1) is 19.1. The number of pyridine rings is 1. The fraction of sp³-hybridized carbons (Fsp3) is 0.0690. The molecule has 0 fully saturated rings. The van der Waals surface area contributed by atoms with Crippen LogP contribution in [0.15, 0.2) is 76.6 Å². The van der Waals surface area contributed by atoms with Gasteiger partial charge in [0.25, 0.3) is 5.56 Å². The number of primary amides is 1. The van der Waals surface area contributed by atoms with E-state index in [9.17, 15) is 24.0 Å². The maximum atomic E-state index is 15.8. The van der Waals surface area contributed by atoms with E-state index < -0.39 is 34.2 Å². The molecule has 2 aromatic heterocycles. The predicted octanol–water partition coefficient (Wildman–Crippen LogP) is 4.47. The van der Waals surface area contributed by atoms with Crippen molar-refractivity contribution in [3.8, 4) is 22.9 Å². The molecule has 0 atom stereocenters. The highest BCUT2D eigenvalue weighted by atomic mass is 35.5. The van der Waals surface area contributed by atoms with E-state index in [0.29, 0.717) is 11.1 Å². The van der Waals surface area contributed by atoms with Gasteiger partial charge in [0.2, 0.25) is 5.91 Å². The van der Waals surface area contributed by atoms with Crippen molar-refractivity contribution in [2.45, 2.75) is 13.5 Å². The summed E-state index contributed by atoms with van der Waals surface area (Å²) in [6, 6.07) is 13.7. The number of nitrogens with two attached hydrogens (primary N) is 1. The zero-order valence-electron chi connectivity index (χ0n) is 20.8. The number of aryl methyl sites for hydroxylation is 1. The number of amides is 1. The Labute approximate surface area is 230 Å².